The van der Waals surface area contributed by atoms with E-state index < -0.39 is 11.6 Å². The molecule has 0 bridgehead atoms. The van der Waals surface area contributed by atoms with Crippen LogP contribution in [0.4, 0.5) is 14.5 Å². The van der Waals surface area contributed by atoms with Crippen LogP contribution in [0.1, 0.15) is 16.7 Å². The Bertz CT molecular complexity index is 622. The Morgan fingerprint density at radius 2 is 1.72 bits per heavy atom. The van der Waals surface area contributed by atoms with Crippen LogP contribution in [0.3, 0.4) is 0 Å². The summed E-state index contributed by atoms with van der Waals surface area (Å²) < 4.78 is 27.6. The molecule has 0 aliphatic carbocycles. The predicted molar refractivity (Wildman–Crippen MR) is 68.2 cm³/mol. The van der Waals surface area contributed by atoms with Crippen molar-refractivity contribution in [2.75, 3.05) is 5.73 Å². The van der Waals surface area contributed by atoms with Gasteiger partial charge in [-0.3, -0.25) is 4.98 Å². The molecule has 0 saturated heterocycles. The van der Waals surface area contributed by atoms with Gasteiger partial charge in [-0.15, -0.1) is 0 Å². The number of halogens is 2. The van der Waals surface area contributed by atoms with Crippen LogP contribution in [0.2, 0.25) is 0 Å². The van der Waals surface area contributed by atoms with Crippen molar-refractivity contribution in [1.82, 2.24) is 4.98 Å². The van der Waals surface area contributed by atoms with E-state index in [1.807, 2.05) is 13.8 Å². The molecule has 0 radical (unpaired) electrons. The summed E-state index contributed by atoms with van der Waals surface area (Å²) in [4.78, 5) is 4.13. The minimum Gasteiger partial charge on any atom is -0.396 e. The maximum atomic E-state index is 14.1. The average molecular weight is 248 g/mol. The Morgan fingerprint density at radius 3 is 2.33 bits per heavy atom. The molecule has 2 N–H and O–H groups in total. The van der Waals surface area contributed by atoms with Crippen molar-refractivity contribution in [3.63, 3.8) is 0 Å². The number of hydrogen-bond acceptors (Lipinski definition) is 2. The lowest BCUT2D eigenvalue weighted by atomic mass is 10.0. The number of nitrogens with zero attached hydrogens (tertiary/aromatic N) is 1. The van der Waals surface area contributed by atoms with Crippen molar-refractivity contribution in [3.05, 3.63) is 46.7 Å². The molecule has 0 saturated carbocycles. The standard InChI is InChI=1S/C14H14F2N2/c1-7-4-12(18-6-8(7)2)10-5-11(15)14(17)9(3)13(10)16/h4-6H,17H2,1-3H3. The van der Waals surface area contributed by atoms with Gasteiger partial charge in [-0.1, -0.05) is 0 Å². The zero-order valence-corrected chi connectivity index (χ0v) is 10.5. The summed E-state index contributed by atoms with van der Waals surface area (Å²) in [7, 11) is 0. The van der Waals surface area contributed by atoms with Crippen LogP contribution in [0.5, 0.6) is 0 Å². The summed E-state index contributed by atoms with van der Waals surface area (Å²) in [6, 6.07) is 2.83. The van der Waals surface area contributed by atoms with Crippen molar-refractivity contribution in [1.29, 1.82) is 0 Å². The van der Waals surface area contributed by atoms with Gasteiger partial charge in [0.15, 0.2) is 0 Å². The van der Waals surface area contributed by atoms with E-state index >= 15 is 0 Å². The van der Waals surface area contributed by atoms with Crippen molar-refractivity contribution >= 4 is 5.69 Å². The maximum Gasteiger partial charge on any atom is 0.147 e. The summed E-state index contributed by atoms with van der Waals surface area (Å²) in [5.41, 5.74) is 7.95. The molecule has 0 spiro atoms. The summed E-state index contributed by atoms with van der Waals surface area (Å²) in [5, 5.41) is 0. The lowest BCUT2D eigenvalue weighted by molar-refractivity contribution is 0.599. The first kappa shape index (κ1) is 12.5. The second kappa shape index (κ2) is 4.37. The molecular weight excluding hydrogens is 234 g/mol. The number of hydrogen-bond donors (Lipinski definition) is 1. The van der Waals surface area contributed by atoms with Gasteiger partial charge in [-0.05, 0) is 44.0 Å². The molecule has 0 aliphatic rings. The second-order valence-electron chi connectivity index (χ2n) is 4.41. The minimum absolute atomic E-state index is 0.116. The molecule has 94 valence electrons. The number of aromatic nitrogens is 1. The second-order valence-corrected chi connectivity index (χ2v) is 4.41. The smallest absolute Gasteiger partial charge is 0.147 e. The van der Waals surface area contributed by atoms with Gasteiger partial charge in [0.25, 0.3) is 0 Å². The minimum atomic E-state index is -0.621. The van der Waals surface area contributed by atoms with Crippen molar-refractivity contribution in [2.24, 2.45) is 0 Å². The Hall–Kier alpha value is -1.97. The molecule has 0 amide bonds. The Labute approximate surface area is 104 Å². The van der Waals surface area contributed by atoms with E-state index in [1.165, 1.54) is 6.92 Å². The van der Waals surface area contributed by atoms with E-state index in [9.17, 15) is 8.78 Å². The lowest BCUT2D eigenvalue weighted by Gasteiger charge is -2.10. The van der Waals surface area contributed by atoms with Crippen LogP contribution in [0, 0.1) is 32.4 Å². The van der Waals surface area contributed by atoms with Gasteiger partial charge < -0.3 is 5.73 Å². The third-order valence-electron chi connectivity index (χ3n) is 3.15. The molecule has 0 atom stereocenters. The molecule has 4 heteroatoms. The number of anilines is 1. The topological polar surface area (TPSA) is 38.9 Å². The Balaban J connectivity index is 2.67. The van der Waals surface area contributed by atoms with Gasteiger partial charge in [0.2, 0.25) is 0 Å². The fraction of sp³-hybridized carbons (Fsp3) is 0.214. The van der Waals surface area contributed by atoms with Gasteiger partial charge >= 0.3 is 0 Å². The third kappa shape index (κ3) is 1.94. The molecular formula is C14H14F2N2. The first-order valence-electron chi connectivity index (χ1n) is 5.59. The van der Waals surface area contributed by atoms with E-state index in [0.29, 0.717) is 5.69 Å². The van der Waals surface area contributed by atoms with E-state index in [2.05, 4.69) is 4.98 Å². The Morgan fingerprint density at radius 1 is 1.06 bits per heavy atom. The molecule has 2 rings (SSSR count). The number of pyridine rings is 1. The number of nitrogens with two attached hydrogens (primary N) is 1. The molecule has 1 aromatic carbocycles. The normalized spacial score (nSPS) is 10.7. The van der Waals surface area contributed by atoms with Gasteiger partial charge in [0.05, 0.1) is 11.4 Å². The largest absolute Gasteiger partial charge is 0.396 e. The first-order valence-corrected chi connectivity index (χ1v) is 5.59. The van der Waals surface area contributed by atoms with Gasteiger partial charge in [-0.25, -0.2) is 8.78 Å². The fourth-order valence-electron chi connectivity index (χ4n) is 1.73. The number of rotatable bonds is 1. The highest BCUT2D eigenvalue weighted by atomic mass is 19.1. The van der Waals surface area contributed by atoms with Gasteiger partial charge in [0.1, 0.15) is 11.6 Å². The average Bonchev–Trinajstić information content (AvgIpc) is 2.35. The molecule has 0 fully saturated rings. The highest BCUT2D eigenvalue weighted by Gasteiger charge is 2.15. The van der Waals surface area contributed by atoms with Crippen LogP contribution < -0.4 is 5.73 Å². The molecule has 0 unspecified atom stereocenters. The zero-order valence-electron chi connectivity index (χ0n) is 10.5. The van der Waals surface area contributed by atoms with E-state index in [4.69, 9.17) is 5.73 Å². The van der Waals surface area contributed by atoms with Crippen molar-refractivity contribution in [2.45, 2.75) is 20.8 Å². The zero-order chi connectivity index (χ0) is 13.4. The monoisotopic (exact) mass is 248 g/mol. The van der Waals surface area contributed by atoms with E-state index in [-0.39, 0.29) is 16.8 Å². The summed E-state index contributed by atoms with van der Waals surface area (Å²) >= 11 is 0. The molecule has 0 aliphatic heterocycles. The fourth-order valence-corrected chi connectivity index (χ4v) is 1.73. The lowest BCUT2D eigenvalue weighted by Crippen LogP contribution is -2.01. The summed E-state index contributed by atoms with van der Waals surface area (Å²) in [6.07, 6.45) is 1.65. The van der Waals surface area contributed by atoms with Crippen LogP contribution in [-0.4, -0.2) is 4.98 Å². The highest BCUT2D eigenvalue weighted by molar-refractivity contribution is 5.67. The Kier molecular flexibility index (Phi) is 3.03. The maximum absolute atomic E-state index is 14.1. The molecule has 2 aromatic rings. The highest BCUT2D eigenvalue weighted by Crippen LogP contribution is 2.29. The summed E-state index contributed by atoms with van der Waals surface area (Å²) in [5.74, 6) is -1.14. The quantitative estimate of drug-likeness (QED) is 0.784. The van der Waals surface area contributed by atoms with E-state index in [0.717, 1.165) is 17.2 Å². The van der Waals surface area contributed by atoms with E-state index in [1.54, 1.807) is 12.3 Å². The van der Waals surface area contributed by atoms with Crippen molar-refractivity contribution in [3.8, 4) is 11.3 Å². The molecule has 1 heterocycles. The van der Waals surface area contributed by atoms with Gasteiger partial charge in [0, 0.05) is 17.3 Å². The van der Waals surface area contributed by atoms with Crippen LogP contribution in [0.25, 0.3) is 11.3 Å². The molecule has 2 nitrogen and oxygen atoms in total. The predicted octanol–water partition coefficient (Wildman–Crippen LogP) is 3.53. The molecule has 18 heavy (non-hydrogen) atoms. The van der Waals surface area contributed by atoms with Crippen molar-refractivity contribution < 1.29 is 8.78 Å². The number of benzene rings is 1. The number of aryl methyl sites for hydroxylation is 2. The molecule has 1 aromatic heterocycles. The third-order valence-corrected chi connectivity index (χ3v) is 3.15. The van der Waals surface area contributed by atoms with Crippen LogP contribution in [-0.2, 0) is 0 Å². The van der Waals surface area contributed by atoms with Gasteiger partial charge in [-0.2, -0.15) is 0 Å². The number of nitrogen functional groups attached to an aromatic ring is 1. The summed E-state index contributed by atoms with van der Waals surface area (Å²) in [6.45, 7) is 5.27. The van der Waals surface area contributed by atoms with Crippen LogP contribution in [0.15, 0.2) is 18.3 Å². The first-order chi connectivity index (χ1) is 8.41. The SMILES string of the molecule is Cc1cnc(-c2cc(F)c(N)c(C)c2F)cc1C. The van der Waals surface area contributed by atoms with Crippen LogP contribution >= 0.6 is 0 Å².